The highest BCUT2D eigenvalue weighted by Gasteiger charge is 1.81. The van der Waals surface area contributed by atoms with Gasteiger partial charge < -0.3 is 5.32 Å². The Bertz CT molecular complexity index is 71.3. The molecule has 2 heteroatoms. The van der Waals surface area contributed by atoms with Gasteiger partial charge in [-0.15, -0.1) is 12.4 Å². The number of halogens is 1. The first-order chi connectivity index (χ1) is 3.77. The quantitative estimate of drug-likeness (QED) is 0.476. The van der Waals surface area contributed by atoms with Crippen LogP contribution in [0, 0.1) is 0 Å². The monoisotopic (exact) mass is 149 g/mol. The molecule has 0 aliphatic heterocycles. The molecule has 0 atom stereocenters. The number of rotatable bonds is 4. The third kappa shape index (κ3) is 11.5. The molecule has 0 unspecified atom stereocenters. The predicted octanol–water partition coefficient (Wildman–Crippen LogP) is 1.98. The summed E-state index contributed by atoms with van der Waals surface area (Å²) in [6, 6.07) is 0. The van der Waals surface area contributed by atoms with E-state index in [0.29, 0.717) is 0 Å². The average molecular weight is 150 g/mol. The Morgan fingerprint density at radius 1 is 1.56 bits per heavy atom. The Morgan fingerprint density at radius 3 is 2.44 bits per heavy atom. The van der Waals surface area contributed by atoms with Crippen molar-refractivity contribution in [2.45, 2.75) is 20.3 Å². The third-order valence-electron chi connectivity index (χ3n) is 0.854. The molecule has 0 radical (unpaired) electrons. The summed E-state index contributed by atoms with van der Waals surface area (Å²) in [6.07, 6.45) is 1.20. The fourth-order valence-corrected chi connectivity index (χ4v) is 0.479. The highest BCUT2D eigenvalue weighted by Crippen LogP contribution is 1.80. The lowest BCUT2D eigenvalue weighted by Crippen LogP contribution is -2.16. The summed E-state index contributed by atoms with van der Waals surface area (Å²) >= 11 is 0. The second-order valence-electron chi connectivity index (χ2n) is 2.13. The lowest BCUT2D eigenvalue weighted by atomic mass is 10.3. The van der Waals surface area contributed by atoms with Crippen molar-refractivity contribution in [3.05, 3.63) is 12.2 Å². The van der Waals surface area contributed by atoms with E-state index in [9.17, 15) is 0 Å². The van der Waals surface area contributed by atoms with Crippen molar-refractivity contribution in [1.29, 1.82) is 0 Å². The second kappa shape index (κ2) is 7.99. The maximum Gasteiger partial charge on any atom is 0.0159 e. The smallest absolute Gasteiger partial charge is 0.0159 e. The van der Waals surface area contributed by atoms with Crippen molar-refractivity contribution in [1.82, 2.24) is 5.32 Å². The van der Waals surface area contributed by atoms with Crippen LogP contribution in [0.2, 0.25) is 0 Å². The summed E-state index contributed by atoms with van der Waals surface area (Å²) in [7, 11) is 0. The van der Waals surface area contributed by atoms with Gasteiger partial charge in [0.25, 0.3) is 0 Å². The molecular weight excluding hydrogens is 134 g/mol. The molecule has 0 rings (SSSR count). The van der Waals surface area contributed by atoms with Gasteiger partial charge in [0.15, 0.2) is 0 Å². The van der Waals surface area contributed by atoms with E-state index in [4.69, 9.17) is 0 Å². The largest absolute Gasteiger partial charge is 0.313 e. The molecule has 0 aromatic heterocycles. The minimum absolute atomic E-state index is 0. The summed E-state index contributed by atoms with van der Waals surface area (Å²) in [6.45, 7) is 10.0. The maximum atomic E-state index is 3.76. The topological polar surface area (TPSA) is 12.0 Å². The van der Waals surface area contributed by atoms with Crippen LogP contribution < -0.4 is 5.32 Å². The normalized spacial score (nSPS) is 8.22. The lowest BCUT2D eigenvalue weighted by Gasteiger charge is -1.98. The molecule has 0 fully saturated rings. The van der Waals surface area contributed by atoms with Gasteiger partial charge in [-0.2, -0.15) is 0 Å². The number of hydrogen-bond acceptors (Lipinski definition) is 1. The Hall–Kier alpha value is -0.0100. The van der Waals surface area contributed by atoms with Crippen LogP contribution >= 0.6 is 12.4 Å². The van der Waals surface area contributed by atoms with E-state index < -0.39 is 0 Å². The maximum absolute atomic E-state index is 3.76. The first-order valence-corrected chi connectivity index (χ1v) is 3.12. The third-order valence-corrected chi connectivity index (χ3v) is 0.854. The molecule has 0 aliphatic carbocycles. The first-order valence-electron chi connectivity index (χ1n) is 3.12. The fraction of sp³-hybridized carbons (Fsp3) is 0.714. The van der Waals surface area contributed by atoms with Crippen LogP contribution in [0.3, 0.4) is 0 Å². The number of nitrogens with one attached hydrogen (secondary N) is 1. The standard InChI is InChI=1S/C7H15N.ClH/c1-4-5-8-6-7(2)3;/h8H,2,4-6H2,1,3H3;1H. The van der Waals surface area contributed by atoms with Crippen molar-refractivity contribution >= 4 is 12.4 Å². The van der Waals surface area contributed by atoms with Crippen molar-refractivity contribution in [3.63, 3.8) is 0 Å². The van der Waals surface area contributed by atoms with Gasteiger partial charge >= 0.3 is 0 Å². The minimum atomic E-state index is 0. The summed E-state index contributed by atoms with van der Waals surface area (Å²) in [5, 5.41) is 3.23. The van der Waals surface area contributed by atoms with E-state index in [1.807, 2.05) is 6.92 Å². The molecule has 0 heterocycles. The highest BCUT2D eigenvalue weighted by molar-refractivity contribution is 5.85. The molecule has 0 saturated carbocycles. The molecular formula is C7H16ClN. The molecule has 0 amide bonds. The molecule has 0 aromatic carbocycles. The highest BCUT2D eigenvalue weighted by atomic mass is 35.5. The van der Waals surface area contributed by atoms with Gasteiger partial charge in [-0.05, 0) is 19.9 Å². The average Bonchev–Trinajstić information content (AvgIpc) is 1.66. The minimum Gasteiger partial charge on any atom is -0.313 e. The van der Waals surface area contributed by atoms with Gasteiger partial charge in [0.2, 0.25) is 0 Å². The summed E-state index contributed by atoms with van der Waals surface area (Å²) in [5.74, 6) is 0. The van der Waals surface area contributed by atoms with Crippen molar-refractivity contribution < 1.29 is 0 Å². The SMILES string of the molecule is C=C(C)CNCCC.Cl. The van der Waals surface area contributed by atoms with E-state index in [-0.39, 0.29) is 12.4 Å². The molecule has 0 spiro atoms. The zero-order valence-electron chi connectivity index (χ0n) is 6.24. The Kier molecular flexibility index (Phi) is 10.4. The first kappa shape index (κ1) is 11.7. The summed E-state index contributed by atoms with van der Waals surface area (Å²) in [4.78, 5) is 0. The molecule has 0 bridgehead atoms. The van der Waals surface area contributed by atoms with Crippen LogP contribution in [0.25, 0.3) is 0 Å². The van der Waals surface area contributed by atoms with E-state index >= 15 is 0 Å². The van der Waals surface area contributed by atoms with Gasteiger partial charge in [-0.1, -0.05) is 19.1 Å². The van der Waals surface area contributed by atoms with E-state index in [1.165, 1.54) is 12.0 Å². The van der Waals surface area contributed by atoms with Crippen LogP contribution in [-0.4, -0.2) is 13.1 Å². The van der Waals surface area contributed by atoms with Gasteiger partial charge in [-0.3, -0.25) is 0 Å². The summed E-state index contributed by atoms with van der Waals surface area (Å²) < 4.78 is 0. The van der Waals surface area contributed by atoms with Gasteiger partial charge in [0.05, 0.1) is 0 Å². The molecule has 56 valence electrons. The molecule has 9 heavy (non-hydrogen) atoms. The van der Waals surface area contributed by atoms with E-state index in [2.05, 4.69) is 18.8 Å². The molecule has 1 N–H and O–H groups in total. The molecule has 0 saturated heterocycles. The number of hydrogen-bond donors (Lipinski definition) is 1. The van der Waals surface area contributed by atoms with Gasteiger partial charge in [0.1, 0.15) is 0 Å². The Labute approximate surface area is 63.9 Å². The fourth-order valence-electron chi connectivity index (χ4n) is 0.479. The Balaban J connectivity index is 0. The zero-order chi connectivity index (χ0) is 6.41. The van der Waals surface area contributed by atoms with Crippen LogP contribution in [0.15, 0.2) is 12.2 Å². The van der Waals surface area contributed by atoms with Gasteiger partial charge in [0, 0.05) is 6.54 Å². The van der Waals surface area contributed by atoms with Crippen LogP contribution in [0.1, 0.15) is 20.3 Å². The van der Waals surface area contributed by atoms with Crippen LogP contribution in [0.5, 0.6) is 0 Å². The van der Waals surface area contributed by atoms with Crippen LogP contribution in [-0.2, 0) is 0 Å². The summed E-state index contributed by atoms with van der Waals surface area (Å²) in [5.41, 5.74) is 1.21. The van der Waals surface area contributed by atoms with Gasteiger partial charge in [-0.25, -0.2) is 0 Å². The second-order valence-corrected chi connectivity index (χ2v) is 2.13. The van der Waals surface area contributed by atoms with Crippen molar-refractivity contribution in [2.24, 2.45) is 0 Å². The lowest BCUT2D eigenvalue weighted by molar-refractivity contribution is 0.715. The van der Waals surface area contributed by atoms with Crippen LogP contribution in [0.4, 0.5) is 0 Å². The molecule has 1 nitrogen and oxygen atoms in total. The van der Waals surface area contributed by atoms with E-state index in [1.54, 1.807) is 0 Å². The molecule has 0 aromatic rings. The van der Waals surface area contributed by atoms with Crippen molar-refractivity contribution in [2.75, 3.05) is 13.1 Å². The zero-order valence-corrected chi connectivity index (χ0v) is 7.05. The Morgan fingerprint density at radius 2 is 2.11 bits per heavy atom. The van der Waals surface area contributed by atoms with Crippen molar-refractivity contribution in [3.8, 4) is 0 Å². The van der Waals surface area contributed by atoms with E-state index in [0.717, 1.165) is 13.1 Å². The molecule has 0 aliphatic rings. The predicted molar refractivity (Wildman–Crippen MR) is 45.2 cm³/mol.